The standard InChI is InChI=1S/C18H32Si3/c1-7-13-20(14-8-2,15-9-3)19-21(16-10-4,17-11-5)18-12-6/h7-12H,1-6,13-19H2. The van der Waals surface area contributed by atoms with Crippen molar-refractivity contribution in [1.82, 2.24) is 0 Å². The monoisotopic (exact) mass is 332 g/mol. The topological polar surface area (TPSA) is 0 Å². The van der Waals surface area contributed by atoms with Crippen molar-refractivity contribution in [3.05, 3.63) is 75.9 Å². The maximum atomic E-state index is 4.02. The Bertz CT molecular complexity index is 293. The predicted octanol–water partition coefficient (Wildman–Crippen LogP) is 5.16. The molecule has 0 heterocycles. The van der Waals surface area contributed by atoms with Gasteiger partial charge in [0.2, 0.25) is 0 Å². The van der Waals surface area contributed by atoms with Crippen molar-refractivity contribution in [1.29, 1.82) is 0 Å². The molecule has 0 aliphatic carbocycles. The first-order chi connectivity index (χ1) is 10.1. The van der Waals surface area contributed by atoms with Gasteiger partial charge in [0.1, 0.15) is 0 Å². The summed E-state index contributed by atoms with van der Waals surface area (Å²) in [5.41, 5.74) is 0. The first kappa shape index (κ1) is 20.1. The Balaban J connectivity index is 5.60. The Morgan fingerprint density at radius 1 is 0.476 bits per heavy atom. The molecule has 0 rings (SSSR count). The fraction of sp³-hybridized carbons (Fsp3) is 0.333. The van der Waals surface area contributed by atoms with Crippen molar-refractivity contribution in [2.24, 2.45) is 0 Å². The zero-order chi connectivity index (χ0) is 16.2. The van der Waals surface area contributed by atoms with Gasteiger partial charge < -0.3 is 0 Å². The van der Waals surface area contributed by atoms with E-state index in [1.165, 1.54) is 36.3 Å². The van der Waals surface area contributed by atoms with Crippen LogP contribution in [0.15, 0.2) is 75.9 Å². The van der Waals surface area contributed by atoms with E-state index in [-0.39, 0.29) is 8.55 Å². The van der Waals surface area contributed by atoms with Gasteiger partial charge >= 0.3 is 0 Å². The largest absolute Gasteiger partial charge is 0.103 e. The van der Waals surface area contributed by atoms with Crippen molar-refractivity contribution in [3.8, 4) is 0 Å². The van der Waals surface area contributed by atoms with Gasteiger partial charge in [-0.2, -0.15) is 0 Å². The third-order valence-corrected chi connectivity index (χ3v) is 35.8. The Kier molecular flexibility index (Phi) is 10.3. The quantitative estimate of drug-likeness (QED) is 0.304. The molecule has 0 spiro atoms. The van der Waals surface area contributed by atoms with Crippen molar-refractivity contribution in [2.45, 2.75) is 36.3 Å². The Morgan fingerprint density at radius 3 is 0.810 bits per heavy atom. The van der Waals surface area contributed by atoms with E-state index in [4.69, 9.17) is 0 Å². The highest BCUT2D eigenvalue weighted by Crippen LogP contribution is 2.31. The van der Waals surface area contributed by atoms with E-state index < -0.39 is 15.2 Å². The van der Waals surface area contributed by atoms with Gasteiger partial charge in [-0.3, -0.25) is 0 Å². The second-order valence-corrected chi connectivity index (χ2v) is 28.2. The summed E-state index contributed by atoms with van der Waals surface area (Å²) in [7, 11) is -2.87. The first-order valence-corrected chi connectivity index (χ1v) is 17.6. The highest BCUT2D eigenvalue weighted by atomic mass is 29.6. The Hall–Kier alpha value is -0.909. The zero-order valence-corrected chi connectivity index (χ0v) is 17.1. The highest BCUT2D eigenvalue weighted by molar-refractivity contribution is 7.54. The summed E-state index contributed by atoms with van der Waals surface area (Å²) in [6, 6.07) is 7.23. The van der Waals surface area contributed by atoms with Crippen molar-refractivity contribution in [2.75, 3.05) is 0 Å². The van der Waals surface area contributed by atoms with Crippen LogP contribution in [0, 0.1) is 0 Å². The lowest BCUT2D eigenvalue weighted by Crippen LogP contribution is -2.56. The summed E-state index contributed by atoms with van der Waals surface area (Å²) in [4.78, 5) is 0. The van der Waals surface area contributed by atoms with Crippen LogP contribution in [0.25, 0.3) is 0 Å². The fourth-order valence-corrected chi connectivity index (χ4v) is 43.9. The molecule has 0 radical (unpaired) electrons. The third-order valence-electron chi connectivity index (χ3n) is 4.21. The van der Waals surface area contributed by atoms with E-state index in [0.717, 1.165) is 0 Å². The molecule has 0 N–H and O–H groups in total. The van der Waals surface area contributed by atoms with Gasteiger partial charge in [-0.25, -0.2) is 0 Å². The molecule has 0 aromatic heterocycles. The van der Waals surface area contributed by atoms with Crippen LogP contribution < -0.4 is 0 Å². The minimum atomic E-state index is -1.34. The molecule has 0 unspecified atom stereocenters. The second-order valence-electron chi connectivity index (χ2n) is 6.13. The second kappa shape index (κ2) is 10.8. The van der Waals surface area contributed by atoms with Crippen LogP contribution in [0.4, 0.5) is 0 Å². The van der Waals surface area contributed by atoms with Crippen LogP contribution in [-0.4, -0.2) is 23.7 Å². The summed E-state index contributed by atoms with van der Waals surface area (Å²) in [6.45, 7) is 24.1. The minimum absolute atomic E-state index is 0.190. The van der Waals surface area contributed by atoms with Gasteiger partial charge in [-0.05, 0) is 36.3 Å². The zero-order valence-electron chi connectivity index (χ0n) is 13.7. The fourth-order valence-electron chi connectivity index (χ4n) is 3.57. The van der Waals surface area contributed by atoms with Crippen LogP contribution in [0.1, 0.15) is 0 Å². The minimum Gasteiger partial charge on any atom is -0.103 e. The van der Waals surface area contributed by atoms with Crippen LogP contribution in [-0.2, 0) is 0 Å². The molecule has 0 nitrogen and oxygen atoms in total. The Labute approximate surface area is 136 Å². The molecule has 0 fully saturated rings. The molecule has 3 heteroatoms. The third kappa shape index (κ3) is 6.59. The van der Waals surface area contributed by atoms with E-state index in [2.05, 4.69) is 75.9 Å². The number of rotatable bonds is 14. The molecule has 0 amide bonds. The normalized spacial score (nSPS) is 11.4. The summed E-state index contributed by atoms with van der Waals surface area (Å²) in [5.74, 6) is 0. The number of hydrogen-bond donors (Lipinski definition) is 0. The maximum absolute atomic E-state index is 4.02. The van der Waals surface area contributed by atoms with E-state index in [0.29, 0.717) is 0 Å². The molecule has 0 aromatic carbocycles. The van der Waals surface area contributed by atoms with Crippen LogP contribution in [0.3, 0.4) is 0 Å². The molecular formula is C18H32Si3. The van der Waals surface area contributed by atoms with Gasteiger partial charge in [0.25, 0.3) is 0 Å². The smallest absolute Gasteiger partial charge is 0.0488 e. The van der Waals surface area contributed by atoms with Gasteiger partial charge in [0, 0.05) is 23.7 Å². The van der Waals surface area contributed by atoms with E-state index >= 15 is 0 Å². The van der Waals surface area contributed by atoms with Crippen molar-refractivity contribution in [3.63, 3.8) is 0 Å². The lowest BCUT2D eigenvalue weighted by Gasteiger charge is -2.39. The highest BCUT2D eigenvalue weighted by Gasteiger charge is 2.40. The molecule has 0 saturated carbocycles. The van der Waals surface area contributed by atoms with Crippen molar-refractivity contribution < 1.29 is 0 Å². The molecular weight excluding hydrogens is 300 g/mol. The number of allylic oxidation sites excluding steroid dienone is 6. The molecule has 0 aliphatic rings. The van der Waals surface area contributed by atoms with Crippen LogP contribution >= 0.6 is 0 Å². The van der Waals surface area contributed by atoms with Gasteiger partial charge in [0.15, 0.2) is 0 Å². The molecule has 0 saturated heterocycles. The number of hydrogen-bond acceptors (Lipinski definition) is 0. The Morgan fingerprint density at radius 2 is 0.667 bits per heavy atom. The molecule has 21 heavy (non-hydrogen) atoms. The average Bonchev–Trinajstić information content (AvgIpc) is 2.40. The van der Waals surface area contributed by atoms with Crippen LogP contribution in [0.5, 0.6) is 0 Å². The molecule has 0 bridgehead atoms. The summed E-state index contributed by atoms with van der Waals surface area (Å²) >= 11 is 0. The average molecular weight is 333 g/mol. The molecule has 0 aliphatic heterocycles. The SMILES string of the molecule is C=CC[Si](CC=C)(CC=C)[SiH2][Si](CC=C)(CC=C)CC=C. The van der Waals surface area contributed by atoms with Crippen molar-refractivity contribution >= 4 is 23.7 Å². The van der Waals surface area contributed by atoms with Gasteiger partial charge in [-0.1, -0.05) is 36.5 Å². The molecule has 116 valence electrons. The van der Waals surface area contributed by atoms with Gasteiger partial charge in [-0.15, -0.1) is 39.5 Å². The van der Waals surface area contributed by atoms with E-state index in [1.807, 2.05) is 0 Å². The lowest BCUT2D eigenvalue weighted by atomic mass is 10.7. The van der Waals surface area contributed by atoms with E-state index in [1.54, 1.807) is 0 Å². The molecule has 0 atom stereocenters. The van der Waals surface area contributed by atoms with E-state index in [9.17, 15) is 0 Å². The first-order valence-electron chi connectivity index (χ1n) is 7.73. The predicted molar refractivity (Wildman–Crippen MR) is 110 cm³/mol. The van der Waals surface area contributed by atoms with Crippen LogP contribution in [0.2, 0.25) is 36.3 Å². The summed E-state index contributed by atoms with van der Waals surface area (Å²) in [5, 5.41) is 0. The lowest BCUT2D eigenvalue weighted by molar-refractivity contribution is 1.40. The molecule has 0 aromatic rings. The van der Waals surface area contributed by atoms with Gasteiger partial charge in [0.05, 0.1) is 0 Å². The summed E-state index contributed by atoms with van der Waals surface area (Å²) in [6.07, 6.45) is 12.8. The summed E-state index contributed by atoms with van der Waals surface area (Å²) < 4.78 is 0. The maximum Gasteiger partial charge on any atom is 0.0488 e.